The molecule has 1 aliphatic carbocycles. The highest BCUT2D eigenvalue weighted by Gasteiger charge is 2.44. The van der Waals surface area contributed by atoms with Crippen molar-refractivity contribution < 1.29 is 14.7 Å². The molecule has 0 radical (unpaired) electrons. The van der Waals surface area contributed by atoms with Crippen molar-refractivity contribution in [2.45, 2.75) is 25.3 Å². The second-order valence-electron chi connectivity index (χ2n) is 5.27. The van der Waals surface area contributed by atoms with E-state index in [1.165, 1.54) is 6.20 Å². The van der Waals surface area contributed by atoms with Crippen molar-refractivity contribution in [3.05, 3.63) is 41.6 Å². The van der Waals surface area contributed by atoms with E-state index in [2.05, 4.69) is 22.0 Å². The lowest BCUT2D eigenvalue weighted by Crippen LogP contribution is -2.23. The molecule has 0 bridgehead atoms. The molecule has 1 aromatic rings. The van der Waals surface area contributed by atoms with E-state index < -0.39 is 5.91 Å². The van der Waals surface area contributed by atoms with Crippen LogP contribution in [0.1, 0.15) is 25.3 Å². The van der Waals surface area contributed by atoms with Crippen LogP contribution in [0.3, 0.4) is 0 Å². The molecule has 1 aliphatic rings. The number of ether oxygens (including phenoxy) is 1. The molecular weight excluding hydrogens is 296 g/mol. The number of hydroxylamine groups is 1. The quantitative estimate of drug-likeness (QED) is 0.253. The maximum atomic E-state index is 11.2. The number of rotatable bonds is 5. The Hall–Kier alpha value is -2.67. The Labute approximate surface area is 134 Å². The fraction of sp³-hybridized carbons (Fsp3) is 0.312. The molecule has 2 rings (SSSR count). The number of carbonyl (C=O) groups excluding carboxylic acids is 1. The van der Waals surface area contributed by atoms with Crippen LogP contribution in [-0.2, 0) is 10.3 Å². The van der Waals surface area contributed by atoms with Gasteiger partial charge in [0.1, 0.15) is 5.75 Å². The van der Waals surface area contributed by atoms with E-state index in [1.807, 2.05) is 24.3 Å². The summed E-state index contributed by atoms with van der Waals surface area (Å²) in [6, 6.07) is 7.76. The summed E-state index contributed by atoms with van der Waals surface area (Å²) in [6.45, 7) is 5.05. The van der Waals surface area contributed by atoms with Crippen molar-refractivity contribution in [3.8, 4) is 5.75 Å². The Morgan fingerprint density at radius 3 is 2.52 bits per heavy atom. The largest absolute Gasteiger partial charge is 0.497 e. The number of nitrogens with one attached hydrogen (secondary N) is 2. The molecule has 0 saturated heterocycles. The van der Waals surface area contributed by atoms with Crippen LogP contribution in [-0.4, -0.2) is 30.9 Å². The van der Waals surface area contributed by atoms with Crippen LogP contribution >= 0.6 is 0 Å². The third-order valence-corrected chi connectivity index (χ3v) is 3.70. The molecule has 0 aliphatic heterocycles. The second-order valence-corrected chi connectivity index (χ2v) is 5.27. The van der Waals surface area contributed by atoms with Gasteiger partial charge in [0.05, 0.1) is 12.6 Å². The predicted molar refractivity (Wildman–Crippen MR) is 87.7 cm³/mol. The van der Waals surface area contributed by atoms with Crippen molar-refractivity contribution in [2.75, 3.05) is 7.11 Å². The second kappa shape index (κ2) is 7.06. The van der Waals surface area contributed by atoms with Crippen LogP contribution in [0.4, 0.5) is 0 Å². The topological polar surface area (TPSA) is 95.3 Å². The lowest BCUT2D eigenvalue weighted by Gasteiger charge is -2.13. The smallest absolute Gasteiger partial charge is 0.271 e. The SMILES string of the molecule is C=NC(=NC1(c2ccc(OC)cc2)CC1)N/C=C(\C)C(=O)NO. The third kappa shape index (κ3) is 3.95. The number of nitrogens with zero attached hydrogens (tertiary/aromatic N) is 2. The van der Waals surface area contributed by atoms with E-state index in [9.17, 15) is 4.79 Å². The van der Waals surface area contributed by atoms with Gasteiger partial charge >= 0.3 is 0 Å². The lowest BCUT2D eigenvalue weighted by atomic mass is 10.1. The Balaban J connectivity index is 2.16. The number of benzene rings is 1. The zero-order valence-electron chi connectivity index (χ0n) is 13.2. The minimum Gasteiger partial charge on any atom is -0.497 e. The van der Waals surface area contributed by atoms with Crippen LogP contribution in [0.15, 0.2) is 46.0 Å². The van der Waals surface area contributed by atoms with Gasteiger partial charge in [-0.05, 0) is 44.2 Å². The highest BCUT2D eigenvalue weighted by Crippen LogP contribution is 2.49. The maximum absolute atomic E-state index is 11.2. The van der Waals surface area contributed by atoms with Gasteiger partial charge in [-0.15, -0.1) is 0 Å². The lowest BCUT2D eigenvalue weighted by molar-refractivity contribution is -0.125. The highest BCUT2D eigenvalue weighted by molar-refractivity contribution is 5.93. The van der Waals surface area contributed by atoms with Crippen LogP contribution in [0, 0.1) is 0 Å². The first-order valence-electron chi connectivity index (χ1n) is 7.13. The fourth-order valence-corrected chi connectivity index (χ4v) is 2.13. The van der Waals surface area contributed by atoms with Gasteiger partial charge in [0.25, 0.3) is 5.91 Å². The molecule has 3 N–H and O–H groups in total. The zero-order chi connectivity index (χ0) is 16.9. The fourth-order valence-electron chi connectivity index (χ4n) is 2.13. The molecular formula is C16H20N4O3. The van der Waals surface area contributed by atoms with E-state index in [0.29, 0.717) is 5.96 Å². The average Bonchev–Trinajstić information content (AvgIpc) is 3.38. The number of amides is 1. The van der Waals surface area contributed by atoms with Crippen LogP contribution in [0.2, 0.25) is 0 Å². The van der Waals surface area contributed by atoms with Gasteiger partial charge in [0, 0.05) is 11.8 Å². The molecule has 23 heavy (non-hydrogen) atoms. The number of methoxy groups -OCH3 is 1. The summed E-state index contributed by atoms with van der Waals surface area (Å²) in [4.78, 5) is 19.7. The Kier molecular flexibility index (Phi) is 5.13. The number of carbonyl (C=O) groups is 1. The summed E-state index contributed by atoms with van der Waals surface area (Å²) in [6.07, 6.45) is 3.25. The first kappa shape index (κ1) is 16.7. The number of hydrogen-bond donors (Lipinski definition) is 3. The molecule has 0 heterocycles. The summed E-state index contributed by atoms with van der Waals surface area (Å²) in [5.41, 5.74) is 2.62. The number of aliphatic imine (C=N–C) groups is 2. The van der Waals surface area contributed by atoms with Gasteiger partial charge in [-0.3, -0.25) is 10.0 Å². The molecule has 0 aromatic heterocycles. The molecule has 1 fully saturated rings. The van der Waals surface area contributed by atoms with Crippen molar-refractivity contribution in [2.24, 2.45) is 9.98 Å². The van der Waals surface area contributed by atoms with Crippen LogP contribution in [0.25, 0.3) is 0 Å². The predicted octanol–water partition coefficient (Wildman–Crippen LogP) is 1.74. The summed E-state index contributed by atoms with van der Waals surface area (Å²) >= 11 is 0. The van der Waals surface area contributed by atoms with E-state index in [-0.39, 0.29) is 11.1 Å². The van der Waals surface area contributed by atoms with Gasteiger partial charge in [-0.2, -0.15) is 0 Å². The van der Waals surface area contributed by atoms with Gasteiger partial charge in [0.15, 0.2) is 0 Å². The van der Waals surface area contributed by atoms with Gasteiger partial charge < -0.3 is 10.1 Å². The molecule has 1 amide bonds. The van der Waals surface area contributed by atoms with Crippen LogP contribution < -0.4 is 15.5 Å². The number of hydrogen-bond acceptors (Lipinski definition) is 4. The first-order chi connectivity index (χ1) is 11.0. The standard InChI is InChI=1S/C16H20N4O3/c1-11(14(21)20-22)10-18-15(17-2)19-16(8-9-16)12-4-6-13(23-3)7-5-12/h4-7,10,22H,2,8-9H2,1,3H3,(H,18,19)(H,20,21)/b11-10+. The molecule has 0 atom stereocenters. The first-order valence-corrected chi connectivity index (χ1v) is 7.13. The van der Waals surface area contributed by atoms with Crippen LogP contribution in [0.5, 0.6) is 5.75 Å². The third-order valence-electron chi connectivity index (χ3n) is 3.70. The van der Waals surface area contributed by atoms with Gasteiger partial charge in [-0.1, -0.05) is 12.1 Å². The summed E-state index contributed by atoms with van der Waals surface area (Å²) < 4.78 is 5.16. The highest BCUT2D eigenvalue weighted by atomic mass is 16.5. The zero-order valence-corrected chi connectivity index (χ0v) is 13.2. The van der Waals surface area contributed by atoms with Crippen molar-refractivity contribution in [1.29, 1.82) is 0 Å². The molecule has 7 nitrogen and oxygen atoms in total. The average molecular weight is 316 g/mol. The van der Waals surface area contributed by atoms with Crippen molar-refractivity contribution in [1.82, 2.24) is 10.8 Å². The minimum atomic E-state index is -0.600. The van der Waals surface area contributed by atoms with E-state index >= 15 is 0 Å². The van der Waals surface area contributed by atoms with Crippen molar-refractivity contribution >= 4 is 18.6 Å². The summed E-state index contributed by atoms with van der Waals surface area (Å²) in [5, 5.41) is 11.4. The van der Waals surface area contributed by atoms with E-state index in [1.54, 1.807) is 19.5 Å². The molecule has 0 unspecified atom stereocenters. The molecule has 122 valence electrons. The summed E-state index contributed by atoms with van der Waals surface area (Å²) in [5.74, 6) is 0.517. The number of guanidine groups is 1. The molecule has 7 heteroatoms. The molecule has 1 aromatic carbocycles. The van der Waals surface area contributed by atoms with E-state index in [4.69, 9.17) is 9.94 Å². The van der Waals surface area contributed by atoms with Gasteiger partial charge in [-0.25, -0.2) is 15.5 Å². The monoisotopic (exact) mass is 316 g/mol. The molecule has 0 spiro atoms. The Bertz CT molecular complexity index is 646. The minimum absolute atomic E-state index is 0.290. The maximum Gasteiger partial charge on any atom is 0.271 e. The van der Waals surface area contributed by atoms with E-state index in [0.717, 1.165) is 24.2 Å². The normalized spacial score (nSPS) is 16.5. The Morgan fingerprint density at radius 1 is 1.39 bits per heavy atom. The summed E-state index contributed by atoms with van der Waals surface area (Å²) in [7, 11) is 1.63. The Morgan fingerprint density at radius 2 is 2.04 bits per heavy atom. The van der Waals surface area contributed by atoms with Gasteiger partial charge in [0.2, 0.25) is 5.96 Å². The molecule has 1 saturated carbocycles. The van der Waals surface area contributed by atoms with Crippen molar-refractivity contribution in [3.63, 3.8) is 0 Å².